The van der Waals surface area contributed by atoms with E-state index in [-0.39, 0.29) is 10.7 Å². The van der Waals surface area contributed by atoms with Crippen molar-refractivity contribution in [3.8, 4) is 0 Å². The number of sulfonamides is 1. The van der Waals surface area contributed by atoms with Crippen LogP contribution >= 0.6 is 0 Å². The van der Waals surface area contributed by atoms with E-state index in [4.69, 9.17) is 4.42 Å². The molecule has 0 spiro atoms. The van der Waals surface area contributed by atoms with Gasteiger partial charge in [0.1, 0.15) is 22.3 Å². The van der Waals surface area contributed by atoms with Crippen LogP contribution in [0.15, 0.2) is 70.2 Å². The molecule has 0 amide bonds. The average Bonchev–Trinajstić information content (AvgIpc) is 3.42. The van der Waals surface area contributed by atoms with Gasteiger partial charge in [-0.25, -0.2) is 21.9 Å². The lowest BCUT2D eigenvalue weighted by molar-refractivity contribution is 0.297. The number of fused-ring (bicyclic) bond motifs is 1. The second-order valence-corrected chi connectivity index (χ2v) is 11.8. The van der Waals surface area contributed by atoms with Gasteiger partial charge in [0.15, 0.2) is 0 Å². The van der Waals surface area contributed by atoms with E-state index in [2.05, 4.69) is 11.4 Å². The second-order valence-electron chi connectivity index (χ2n) is 9.93. The Labute approximate surface area is 218 Å². The van der Waals surface area contributed by atoms with E-state index in [0.29, 0.717) is 12.0 Å². The summed E-state index contributed by atoms with van der Waals surface area (Å²) in [6.45, 7) is 1.12. The van der Waals surface area contributed by atoms with Gasteiger partial charge in [0.2, 0.25) is 10.0 Å². The molecule has 2 aliphatic rings. The number of hydrogen-bond acceptors (Lipinski definition) is 4. The molecule has 37 heavy (non-hydrogen) atoms. The summed E-state index contributed by atoms with van der Waals surface area (Å²) < 4.78 is 56.3. The van der Waals surface area contributed by atoms with Crippen LogP contribution in [0.3, 0.4) is 0 Å². The quantitative estimate of drug-likeness (QED) is 0.395. The molecule has 5 rings (SSSR count). The summed E-state index contributed by atoms with van der Waals surface area (Å²) in [5.74, 6) is 1.34. The third-order valence-corrected chi connectivity index (χ3v) is 8.95. The maximum atomic E-state index is 13.7. The maximum absolute atomic E-state index is 13.7. The largest absolute Gasteiger partial charge is 0.469 e. The molecule has 8 heteroatoms. The molecule has 1 saturated carbocycles. The monoisotopic (exact) mass is 530 g/mol. The van der Waals surface area contributed by atoms with Crippen molar-refractivity contribution in [2.45, 2.75) is 68.2 Å². The minimum atomic E-state index is -3.65. The summed E-state index contributed by atoms with van der Waals surface area (Å²) in [5.41, 5.74) is 2.47. The lowest BCUT2D eigenvalue weighted by atomic mass is 9.76. The Morgan fingerprint density at radius 1 is 0.973 bits per heavy atom. The van der Waals surface area contributed by atoms with Gasteiger partial charge in [-0.3, -0.25) is 0 Å². The SMILES string of the molecule is CNS(=O)(=O)c1ccccc1F.Fc1ccc2c(c1)CCC(NCC1CCCCC1)C2Cc1ccco1. The van der Waals surface area contributed by atoms with Crippen LogP contribution in [0, 0.1) is 17.6 Å². The predicted molar refractivity (Wildman–Crippen MR) is 141 cm³/mol. The van der Waals surface area contributed by atoms with E-state index in [0.717, 1.165) is 43.6 Å². The molecular formula is C29H36F2N2O3S. The van der Waals surface area contributed by atoms with Gasteiger partial charge in [0.05, 0.1) is 6.26 Å². The van der Waals surface area contributed by atoms with Crippen LogP contribution in [0.1, 0.15) is 61.3 Å². The lowest BCUT2D eigenvalue weighted by Crippen LogP contribution is -2.41. The average molecular weight is 531 g/mol. The number of hydrogen-bond donors (Lipinski definition) is 2. The van der Waals surface area contributed by atoms with Gasteiger partial charge < -0.3 is 9.73 Å². The van der Waals surface area contributed by atoms with Gasteiger partial charge in [-0.2, -0.15) is 0 Å². The first-order chi connectivity index (χ1) is 17.9. The van der Waals surface area contributed by atoms with E-state index in [1.807, 2.05) is 16.9 Å². The predicted octanol–water partition coefficient (Wildman–Crippen LogP) is 5.96. The first-order valence-electron chi connectivity index (χ1n) is 13.1. The zero-order valence-electron chi connectivity index (χ0n) is 21.3. The Balaban J connectivity index is 0.000000225. The van der Waals surface area contributed by atoms with Crippen molar-refractivity contribution in [2.24, 2.45) is 5.92 Å². The fourth-order valence-electron chi connectivity index (χ4n) is 5.51. The van der Waals surface area contributed by atoms with E-state index in [9.17, 15) is 17.2 Å². The summed E-state index contributed by atoms with van der Waals surface area (Å²) in [4.78, 5) is -0.326. The Morgan fingerprint density at radius 3 is 2.46 bits per heavy atom. The highest BCUT2D eigenvalue weighted by atomic mass is 32.2. The Hall–Kier alpha value is -2.55. The summed E-state index contributed by atoms with van der Waals surface area (Å²) in [6.07, 6.45) is 11.6. The highest BCUT2D eigenvalue weighted by Crippen LogP contribution is 2.35. The molecule has 0 saturated heterocycles. The van der Waals surface area contributed by atoms with Crippen LogP contribution in [-0.4, -0.2) is 28.1 Å². The van der Waals surface area contributed by atoms with Gasteiger partial charge in [-0.05, 0) is 92.7 Å². The van der Waals surface area contributed by atoms with Crippen molar-refractivity contribution in [2.75, 3.05) is 13.6 Å². The van der Waals surface area contributed by atoms with Crippen molar-refractivity contribution >= 4 is 10.0 Å². The molecule has 5 nitrogen and oxygen atoms in total. The molecule has 2 aromatic carbocycles. The third-order valence-electron chi connectivity index (χ3n) is 7.50. The fraction of sp³-hybridized carbons (Fsp3) is 0.448. The van der Waals surface area contributed by atoms with Crippen LogP contribution < -0.4 is 10.0 Å². The van der Waals surface area contributed by atoms with Gasteiger partial charge >= 0.3 is 0 Å². The number of benzene rings is 2. The summed E-state index contributed by atoms with van der Waals surface area (Å²) >= 11 is 0. The first kappa shape index (κ1) is 27.5. The van der Waals surface area contributed by atoms with Gasteiger partial charge in [0.25, 0.3) is 0 Å². The fourth-order valence-corrected chi connectivity index (χ4v) is 6.31. The highest BCUT2D eigenvalue weighted by molar-refractivity contribution is 7.89. The molecule has 2 aliphatic carbocycles. The Morgan fingerprint density at radius 2 is 1.76 bits per heavy atom. The molecule has 0 radical (unpaired) electrons. The molecule has 1 heterocycles. The van der Waals surface area contributed by atoms with Crippen molar-refractivity contribution in [1.29, 1.82) is 0 Å². The van der Waals surface area contributed by atoms with Crippen molar-refractivity contribution < 1.29 is 21.6 Å². The standard InChI is InChI=1S/C22H28FNO.C7H8FNO2S/c23-18-9-10-20-17(13-18)8-11-22(21(20)14-19-7-4-12-25-19)24-15-16-5-2-1-3-6-16;1-9-12(10,11)7-5-3-2-4-6(7)8/h4,7,9-10,12-13,16,21-22,24H,1-3,5-6,8,11,14-15H2;2-5,9H,1H3. The first-order valence-corrected chi connectivity index (χ1v) is 14.6. The summed E-state index contributed by atoms with van der Waals surface area (Å²) in [5, 5.41) is 3.87. The molecule has 1 fully saturated rings. The number of nitrogens with one attached hydrogen (secondary N) is 2. The van der Waals surface area contributed by atoms with E-state index in [1.165, 1.54) is 68.5 Å². The third kappa shape index (κ3) is 7.27. The molecule has 2 N–H and O–H groups in total. The van der Waals surface area contributed by atoms with Crippen molar-refractivity contribution in [1.82, 2.24) is 10.0 Å². The minimum Gasteiger partial charge on any atom is -0.469 e. The van der Waals surface area contributed by atoms with Crippen LogP contribution in [0.4, 0.5) is 8.78 Å². The topological polar surface area (TPSA) is 71.3 Å². The van der Waals surface area contributed by atoms with E-state index >= 15 is 0 Å². The molecule has 1 aromatic heterocycles. The number of furan rings is 1. The van der Waals surface area contributed by atoms with Crippen LogP contribution in [0.2, 0.25) is 0 Å². The summed E-state index contributed by atoms with van der Waals surface area (Å²) in [6, 6.07) is 15.0. The Kier molecular flexibility index (Phi) is 9.51. The zero-order chi connectivity index (χ0) is 26.3. The van der Waals surface area contributed by atoms with Crippen LogP contribution in [0.5, 0.6) is 0 Å². The molecule has 200 valence electrons. The summed E-state index contributed by atoms with van der Waals surface area (Å²) in [7, 11) is -2.42. The Bertz CT molecular complexity index is 1240. The molecule has 2 unspecified atom stereocenters. The minimum absolute atomic E-state index is 0.121. The van der Waals surface area contributed by atoms with Crippen LogP contribution in [0.25, 0.3) is 0 Å². The normalized spacial score (nSPS) is 20.1. The number of halogens is 2. The smallest absolute Gasteiger partial charge is 0.243 e. The van der Waals surface area contributed by atoms with Gasteiger partial charge in [-0.1, -0.05) is 37.5 Å². The van der Waals surface area contributed by atoms with E-state index < -0.39 is 15.8 Å². The number of rotatable bonds is 7. The lowest BCUT2D eigenvalue weighted by Gasteiger charge is -2.35. The molecule has 2 atom stereocenters. The van der Waals surface area contributed by atoms with Gasteiger partial charge in [0, 0.05) is 18.4 Å². The molecule has 3 aromatic rings. The highest BCUT2D eigenvalue weighted by Gasteiger charge is 2.31. The molecule has 0 aliphatic heterocycles. The van der Waals surface area contributed by atoms with Crippen molar-refractivity contribution in [3.05, 3.63) is 89.4 Å². The van der Waals surface area contributed by atoms with Crippen LogP contribution in [-0.2, 0) is 22.9 Å². The molecular weight excluding hydrogens is 494 g/mol. The number of aryl methyl sites for hydroxylation is 1. The molecule has 0 bridgehead atoms. The second kappa shape index (κ2) is 12.8. The van der Waals surface area contributed by atoms with Crippen molar-refractivity contribution in [3.63, 3.8) is 0 Å². The zero-order valence-corrected chi connectivity index (χ0v) is 22.1. The van der Waals surface area contributed by atoms with Gasteiger partial charge in [-0.15, -0.1) is 0 Å². The maximum Gasteiger partial charge on any atom is 0.243 e. The van der Waals surface area contributed by atoms with E-state index in [1.54, 1.807) is 18.4 Å².